The van der Waals surface area contributed by atoms with Gasteiger partial charge in [0.05, 0.1) is 11.3 Å². The van der Waals surface area contributed by atoms with E-state index in [4.69, 9.17) is 0 Å². The van der Waals surface area contributed by atoms with Gasteiger partial charge in [0.15, 0.2) is 0 Å². The number of aromatic nitrogens is 1. The average molecular weight is 358 g/mol. The summed E-state index contributed by atoms with van der Waals surface area (Å²) in [5.41, 5.74) is 2.65. The third kappa shape index (κ3) is 3.15. The van der Waals surface area contributed by atoms with Gasteiger partial charge in [0.2, 0.25) is 5.95 Å². The summed E-state index contributed by atoms with van der Waals surface area (Å²) in [6, 6.07) is 17.8. The molecule has 0 unspecified atom stereocenters. The van der Waals surface area contributed by atoms with Crippen LogP contribution >= 0.6 is 0 Å². The van der Waals surface area contributed by atoms with E-state index >= 15 is 0 Å². The zero-order chi connectivity index (χ0) is 18.8. The first kappa shape index (κ1) is 16.8. The number of hydrogen-bond acceptors (Lipinski definition) is 3. The van der Waals surface area contributed by atoms with Gasteiger partial charge in [0.25, 0.3) is 11.7 Å². The minimum atomic E-state index is -0.614. The molecule has 1 amide bonds. The fraction of sp³-hybridized carbons (Fsp3) is 0.0455. The van der Waals surface area contributed by atoms with E-state index < -0.39 is 17.6 Å². The Morgan fingerprint density at radius 3 is 2.56 bits per heavy atom. The standard InChI is InChI=1S/C22H15FN2O2/c23-21-17(9-4-12-24-21)16-10-11-19-18(14-16)20(26)22(27)25(19)13-5-8-15-6-2-1-3-7-15/h1-12,14H,13H2/b8-5+. The molecule has 0 bridgehead atoms. The van der Waals surface area contributed by atoms with Gasteiger partial charge in [-0.2, -0.15) is 4.39 Å². The number of nitrogens with zero attached hydrogens (tertiary/aromatic N) is 2. The summed E-state index contributed by atoms with van der Waals surface area (Å²) < 4.78 is 13.9. The number of ketones is 1. The van der Waals surface area contributed by atoms with Gasteiger partial charge in [-0.05, 0) is 35.4 Å². The summed E-state index contributed by atoms with van der Waals surface area (Å²) in [4.78, 5) is 29.8. The van der Waals surface area contributed by atoms with Crippen LogP contribution in [-0.2, 0) is 4.79 Å². The van der Waals surface area contributed by atoms with Crippen molar-refractivity contribution in [2.75, 3.05) is 11.4 Å². The Kier molecular flexibility index (Phi) is 4.34. The molecule has 0 atom stereocenters. The number of Topliss-reactive ketones (excluding diaryl/α,β-unsaturated/α-hetero) is 1. The third-order valence-corrected chi connectivity index (χ3v) is 4.44. The van der Waals surface area contributed by atoms with Crippen molar-refractivity contribution < 1.29 is 14.0 Å². The number of halogens is 1. The lowest BCUT2D eigenvalue weighted by molar-refractivity contribution is -0.114. The Balaban J connectivity index is 1.63. The number of amides is 1. The predicted octanol–water partition coefficient (Wildman–Crippen LogP) is 4.13. The molecular formula is C22H15FN2O2. The van der Waals surface area contributed by atoms with Crippen molar-refractivity contribution in [1.82, 2.24) is 4.98 Å². The minimum absolute atomic E-state index is 0.285. The molecule has 0 spiro atoms. The van der Waals surface area contributed by atoms with E-state index in [1.807, 2.05) is 42.5 Å². The largest absolute Gasteiger partial charge is 0.301 e. The lowest BCUT2D eigenvalue weighted by Crippen LogP contribution is -2.29. The molecule has 1 aromatic heterocycles. The second-order valence-electron chi connectivity index (χ2n) is 6.13. The molecule has 3 aromatic rings. The number of carbonyl (C=O) groups excluding carboxylic acids is 2. The molecule has 2 heterocycles. The smallest absolute Gasteiger partial charge is 0.299 e. The highest BCUT2D eigenvalue weighted by Gasteiger charge is 2.35. The van der Waals surface area contributed by atoms with E-state index in [2.05, 4.69) is 4.98 Å². The summed E-state index contributed by atoms with van der Waals surface area (Å²) in [6.45, 7) is 0.285. The summed E-state index contributed by atoms with van der Waals surface area (Å²) in [5.74, 6) is -1.77. The fourth-order valence-corrected chi connectivity index (χ4v) is 3.11. The first-order chi connectivity index (χ1) is 13.1. The third-order valence-electron chi connectivity index (χ3n) is 4.44. The van der Waals surface area contributed by atoms with Gasteiger partial charge in [-0.25, -0.2) is 4.98 Å². The monoisotopic (exact) mass is 358 g/mol. The van der Waals surface area contributed by atoms with Crippen LogP contribution in [0.25, 0.3) is 17.2 Å². The molecule has 1 aliphatic rings. The zero-order valence-electron chi connectivity index (χ0n) is 14.3. The fourth-order valence-electron chi connectivity index (χ4n) is 3.11. The molecule has 4 nitrogen and oxygen atoms in total. The number of benzene rings is 2. The molecular weight excluding hydrogens is 343 g/mol. The minimum Gasteiger partial charge on any atom is -0.301 e. The van der Waals surface area contributed by atoms with E-state index in [1.54, 1.807) is 30.3 Å². The molecule has 5 heteroatoms. The van der Waals surface area contributed by atoms with Crippen LogP contribution in [0.3, 0.4) is 0 Å². The number of rotatable bonds is 4. The average Bonchev–Trinajstić information content (AvgIpc) is 2.94. The van der Waals surface area contributed by atoms with Gasteiger partial charge in [0.1, 0.15) is 0 Å². The second-order valence-corrected chi connectivity index (χ2v) is 6.13. The molecule has 1 aliphatic heterocycles. The number of hydrogen-bond donors (Lipinski definition) is 0. The maximum atomic E-state index is 13.9. The van der Waals surface area contributed by atoms with Crippen molar-refractivity contribution in [2.24, 2.45) is 0 Å². The van der Waals surface area contributed by atoms with Gasteiger partial charge >= 0.3 is 0 Å². The van der Waals surface area contributed by atoms with Gasteiger partial charge in [-0.3, -0.25) is 9.59 Å². The molecule has 0 aliphatic carbocycles. The molecule has 0 fully saturated rings. The van der Waals surface area contributed by atoms with Crippen LogP contribution in [0, 0.1) is 5.95 Å². The number of carbonyl (C=O) groups is 2. The van der Waals surface area contributed by atoms with Gasteiger partial charge in [-0.15, -0.1) is 0 Å². The topological polar surface area (TPSA) is 50.3 Å². The number of pyridine rings is 1. The van der Waals surface area contributed by atoms with Crippen LogP contribution in [0.1, 0.15) is 15.9 Å². The van der Waals surface area contributed by atoms with Crippen LogP contribution in [0.5, 0.6) is 0 Å². The second kappa shape index (κ2) is 6.96. The number of fused-ring (bicyclic) bond motifs is 1. The molecule has 0 saturated heterocycles. The van der Waals surface area contributed by atoms with Crippen LogP contribution in [0.2, 0.25) is 0 Å². The van der Waals surface area contributed by atoms with Gasteiger partial charge < -0.3 is 4.90 Å². The Labute approximate surface area is 155 Å². The van der Waals surface area contributed by atoms with Gasteiger partial charge in [-0.1, -0.05) is 48.6 Å². The SMILES string of the molecule is O=C1C(=O)N(C/C=C/c2ccccc2)c2ccc(-c3cccnc3F)cc21. The van der Waals surface area contributed by atoms with Crippen LogP contribution < -0.4 is 4.90 Å². The lowest BCUT2D eigenvalue weighted by atomic mass is 10.0. The summed E-state index contributed by atoms with van der Waals surface area (Å²) in [6.07, 6.45) is 5.10. The Hall–Kier alpha value is -3.60. The maximum Gasteiger partial charge on any atom is 0.299 e. The van der Waals surface area contributed by atoms with Crippen LogP contribution in [0.15, 0.2) is 72.9 Å². The van der Waals surface area contributed by atoms with Crippen LogP contribution in [-0.4, -0.2) is 23.2 Å². The molecule has 4 rings (SSSR count). The van der Waals surface area contributed by atoms with E-state index in [1.165, 1.54) is 11.1 Å². The Morgan fingerprint density at radius 2 is 1.78 bits per heavy atom. The summed E-state index contributed by atoms with van der Waals surface area (Å²) in [7, 11) is 0. The first-order valence-electron chi connectivity index (χ1n) is 8.48. The van der Waals surface area contributed by atoms with Crippen molar-refractivity contribution >= 4 is 23.5 Å². The van der Waals surface area contributed by atoms with E-state index in [0.29, 0.717) is 16.8 Å². The first-order valence-corrected chi connectivity index (χ1v) is 8.48. The van der Waals surface area contributed by atoms with Crippen molar-refractivity contribution in [3.63, 3.8) is 0 Å². The van der Waals surface area contributed by atoms with Gasteiger partial charge in [0, 0.05) is 18.3 Å². The lowest BCUT2D eigenvalue weighted by Gasteiger charge is -2.14. The van der Waals surface area contributed by atoms with Crippen molar-refractivity contribution in [3.8, 4) is 11.1 Å². The van der Waals surface area contributed by atoms with Crippen molar-refractivity contribution in [1.29, 1.82) is 0 Å². The Bertz CT molecular complexity index is 1060. The highest BCUT2D eigenvalue weighted by molar-refractivity contribution is 6.52. The Morgan fingerprint density at radius 1 is 0.963 bits per heavy atom. The quantitative estimate of drug-likeness (QED) is 0.520. The molecule has 0 radical (unpaired) electrons. The highest BCUT2D eigenvalue weighted by atomic mass is 19.1. The molecule has 2 aromatic carbocycles. The predicted molar refractivity (Wildman–Crippen MR) is 102 cm³/mol. The maximum absolute atomic E-state index is 13.9. The summed E-state index contributed by atoms with van der Waals surface area (Å²) >= 11 is 0. The van der Waals surface area contributed by atoms with Crippen molar-refractivity contribution in [3.05, 3.63) is 90.0 Å². The molecule has 0 saturated carbocycles. The zero-order valence-corrected chi connectivity index (χ0v) is 14.3. The van der Waals surface area contributed by atoms with Crippen LogP contribution in [0.4, 0.5) is 10.1 Å². The van der Waals surface area contributed by atoms with Crippen molar-refractivity contribution in [2.45, 2.75) is 0 Å². The molecule has 27 heavy (non-hydrogen) atoms. The number of anilines is 1. The summed E-state index contributed by atoms with van der Waals surface area (Å²) in [5, 5.41) is 0. The van der Waals surface area contributed by atoms with E-state index in [9.17, 15) is 14.0 Å². The molecule has 0 N–H and O–H groups in total. The van der Waals surface area contributed by atoms with E-state index in [0.717, 1.165) is 5.56 Å². The molecule has 132 valence electrons. The highest BCUT2D eigenvalue weighted by Crippen LogP contribution is 2.33. The normalized spacial score (nSPS) is 13.4. The van der Waals surface area contributed by atoms with E-state index in [-0.39, 0.29) is 12.1 Å².